The molecule has 5 heterocycles. The number of methoxy groups -OCH3 is 1. The number of likely N-dealkylation sites (tertiary alicyclic amines) is 1. The van der Waals surface area contributed by atoms with Crippen molar-refractivity contribution in [3.63, 3.8) is 0 Å². The monoisotopic (exact) mass is 902 g/mol. The number of fused-ring (bicyclic) bond motifs is 2. The molecule has 344 valence electrons. The van der Waals surface area contributed by atoms with Crippen molar-refractivity contribution in [2.45, 2.75) is 94.7 Å². The molecule has 0 radical (unpaired) electrons. The van der Waals surface area contributed by atoms with Crippen molar-refractivity contribution >= 4 is 70.2 Å². The van der Waals surface area contributed by atoms with Crippen molar-refractivity contribution in [3.05, 3.63) is 59.0 Å². The first kappa shape index (κ1) is 44.8. The van der Waals surface area contributed by atoms with Crippen molar-refractivity contribution in [1.29, 1.82) is 0 Å². The number of alkyl halides is 2. The number of carbonyl (C=O) groups excluding carboxylic acids is 7. The molecule has 2 aromatic carbocycles. The number of nitrogens with zero attached hydrogens (tertiary/aromatic N) is 6. The van der Waals surface area contributed by atoms with E-state index in [-0.39, 0.29) is 83.3 Å². The van der Waals surface area contributed by atoms with Gasteiger partial charge in [-0.25, -0.2) is 9.37 Å². The fourth-order valence-electron chi connectivity index (χ4n) is 9.21. The quantitative estimate of drug-likeness (QED) is 0.133. The molecule has 65 heavy (non-hydrogen) atoms. The summed E-state index contributed by atoms with van der Waals surface area (Å²) in [6.45, 7) is 0.256. The molecule has 18 nitrogen and oxygen atoms in total. The average molecular weight is 903 g/mol. The molecule has 5 aliphatic rings. The van der Waals surface area contributed by atoms with Gasteiger partial charge in [-0.2, -0.15) is 13.8 Å². The number of unbranched alkanes of at least 4 members (excludes halogenated alkanes) is 2. The predicted molar refractivity (Wildman–Crippen MR) is 229 cm³/mol. The molecule has 1 aliphatic carbocycles. The Morgan fingerprint density at radius 3 is 2.52 bits per heavy atom. The molecule has 8 rings (SSSR count). The first-order valence-electron chi connectivity index (χ1n) is 21.8. The van der Waals surface area contributed by atoms with Gasteiger partial charge in [-0.05, 0) is 56.7 Å². The summed E-state index contributed by atoms with van der Waals surface area (Å²) in [5.41, 5.74) is 0.695. The summed E-state index contributed by atoms with van der Waals surface area (Å²) in [4.78, 5) is 103. The van der Waals surface area contributed by atoms with E-state index in [0.717, 1.165) is 28.7 Å². The van der Waals surface area contributed by atoms with Crippen LogP contribution < -0.4 is 35.8 Å². The first-order chi connectivity index (χ1) is 31.1. The Morgan fingerprint density at radius 2 is 1.77 bits per heavy atom. The third-order valence-electron chi connectivity index (χ3n) is 12.6. The molecule has 4 aliphatic heterocycles. The fourth-order valence-corrected chi connectivity index (χ4v) is 9.21. The number of nitrogens with one attached hydrogen (secondary N) is 4. The summed E-state index contributed by atoms with van der Waals surface area (Å²) in [6.07, 6.45) is 7.01. The number of aromatic nitrogens is 2. The van der Waals surface area contributed by atoms with E-state index in [4.69, 9.17) is 4.74 Å². The van der Waals surface area contributed by atoms with Crippen LogP contribution in [0.1, 0.15) is 102 Å². The van der Waals surface area contributed by atoms with Crippen molar-refractivity contribution in [2.24, 2.45) is 0 Å². The highest BCUT2D eigenvalue weighted by Gasteiger charge is 2.49. The Bertz CT molecular complexity index is 2450. The molecule has 2 atom stereocenters. The van der Waals surface area contributed by atoms with E-state index < -0.39 is 65.8 Å². The highest BCUT2D eigenvalue weighted by atomic mass is 19.3. The molecule has 1 unspecified atom stereocenters. The topological polar surface area (TPSA) is 216 Å². The molecule has 4 N–H and O–H groups in total. The standard InChI is InChI=1S/C44H49F3N10O8/c1-54-32-21-49-43(53-37(32)56(25-9-5-6-10-25)23-44(46,47)42(54)64)51-30-20-28(45)27(19-33(30)65-2)38(60)50-24-16-18-55(22-24)35(59)13-4-3-7-17-48-29-12-8-11-26-36(29)41(63)57(40(26)62)31-14-15-34(58)52-39(31)61/h8,11-12,19-21,24-25,31,48H,3-7,9-10,13-18,22-23H2,1-2H3,(H,50,60)(H,49,51,53)(H,52,58,61)/t24-,31?/m0/s1. The molecular formula is C44H49F3N10O8. The van der Waals surface area contributed by atoms with Crippen molar-refractivity contribution < 1.29 is 51.5 Å². The first-order valence-corrected chi connectivity index (χ1v) is 21.8. The van der Waals surface area contributed by atoms with Crippen molar-refractivity contribution in [3.8, 4) is 5.75 Å². The molecule has 2 saturated heterocycles. The van der Waals surface area contributed by atoms with Crippen LogP contribution >= 0.6 is 0 Å². The third-order valence-corrected chi connectivity index (χ3v) is 12.6. The van der Waals surface area contributed by atoms with Gasteiger partial charge in [0.1, 0.15) is 23.3 Å². The second kappa shape index (κ2) is 18.4. The fraction of sp³-hybridized carbons (Fsp3) is 0.477. The number of halogens is 3. The van der Waals surface area contributed by atoms with Crippen molar-refractivity contribution in [2.75, 3.05) is 60.8 Å². The van der Waals surface area contributed by atoms with Gasteiger partial charge in [-0.3, -0.25) is 43.8 Å². The van der Waals surface area contributed by atoms with E-state index >= 15 is 13.2 Å². The van der Waals surface area contributed by atoms with E-state index in [2.05, 4.69) is 31.2 Å². The number of hydrogen-bond donors (Lipinski definition) is 4. The van der Waals surface area contributed by atoms with E-state index in [1.807, 2.05) is 0 Å². The van der Waals surface area contributed by atoms with E-state index in [0.29, 0.717) is 57.3 Å². The van der Waals surface area contributed by atoms with Gasteiger partial charge in [0.05, 0.1) is 42.2 Å². The summed E-state index contributed by atoms with van der Waals surface area (Å²) in [5.74, 6) is -8.86. The number of ether oxygens (including phenoxy) is 1. The average Bonchev–Trinajstić information content (AvgIpc) is 4.04. The summed E-state index contributed by atoms with van der Waals surface area (Å²) >= 11 is 0. The van der Waals surface area contributed by atoms with E-state index in [1.54, 1.807) is 17.0 Å². The largest absolute Gasteiger partial charge is 0.495 e. The predicted octanol–water partition coefficient (Wildman–Crippen LogP) is 4.13. The van der Waals surface area contributed by atoms with E-state index in [9.17, 15) is 33.6 Å². The van der Waals surface area contributed by atoms with Crippen LogP contribution in [0.25, 0.3) is 0 Å². The van der Waals surface area contributed by atoms with Gasteiger partial charge in [-0.1, -0.05) is 25.3 Å². The number of carbonyl (C=O) groups is 7. The zero-order chi connectivity index (χ0) is 46.2. The van der Waals surface area contributed by atoms with Gasteiger partial charge in [0.15, 0.2) is 5.82 Å². The molecule has 0 bridgehead atoms. The number of rotatable bonds is 14. The number of hydrogen-bond acceptors (Lipinski definition) is 13. The zero-order valence-corrected chi connectivity index (χ0v) is 35.9. The summed E-state index contributed by atoms with van der Waals surface area (Å²) in [5, 5.41) is 11.1. The number of imide groups is 2. The van der Waals surface area contributed by atoms with Crippen LogP contribution in [0.4, 0.5) is 42.0 Å². The van der Waals surface area contributed by atoms with Gasteiger partial charge in [0, 0.05) is 63.4 Å². The number of anilines is 5. The number of piperidine rings is 1. The summed E-state index contributed by atoms with van der Waals surface area (Å²) in [7, 11) is 2.58. The van der Waals surface area contributed by atoms with Crippen LogP contribution in [-0.2, 0) is 19.2 Å². The van der Waals surface area contributed by atoms with Gasteiger partial charge in [-0.15, -0.1) is 0 Å². The van der Waals surface area contributed by atoms with Gasteiger partial charge in [0.2, 0.25) is 23.7 Å². The van der Waals surface area contributed by atoms with Crippen molar-refractivity contribution in [1.82, 2.24) is 30.4 Å². The highest BCUT2D eigenvalue weighted by Crippen LogP contribution is 2.40. The lowest BCUT2D eigenvalue weighted by Gasteiger charge is -2.31. The van der Waals surface area contributed by atoms with Gasteiger partial charge < -0.3 is 35.4 Å². The molecule has 7 amide bonds. The van der Waals surface area contributed by atoms with E-state index in [1.165, 1.54) is 37.4 Å². The SMILES string of the molecule is COc1cc(C(=O)N[C@H]2CCN(C(=O)CCCCCNc3cccc4c3C(=O)N(C3CCC(=O)NC3=O)C4=O)C2)c(F)cc1Nc1ncc2c(n1)N(C1CCCC1)CC(F)(F)C(=O)N2C. The van der Waals surface area contributed by atoms with Crippen LogP contribution in [0.2, 0.25) is 0 Å². The number of amides is 7. The normalized spacial score (nSPS) is 20.7. The highest BCUT2D eigenvalue weighted by molar-refractivity contribution is 6.25. The zero-order valence-electron chi connectivity index (χ0n) is 35.9. The minimum atomic E-state index is -3.65. The van der Waals surface area contributed by atoms with Crippen LogP contribution in [0.5, 0.6) is 5.75 Å². The molecule has 1 aromatic heterocycles. The summed E-state index contributed by atoms with van der Waals surface area (Å²) < 4.78 is 51.2. The van der Waals surface area contributed by atoms with Crippen LogP contribution in [0.3, 0.4) is 0 Å². The minimum absolute atomic E-state index is 0.0257. The van der Waals surface area contributed by atoms with Gasteiger partial charge in [0.25, 0.3) is 23.6 Å². The maximum absolute atomic E-state index is 15.6. The Balaban J connectivity index is 0.814. The van der Waals surface area contributed by atoms with Gasteiger partial charge >= 0.3 is 5.92 Å². The summed E-state index contributed by atoms with van der Waals surface area (Å²) in [6, 6.07) is 5.38. The second-order valence-electron chi connectivity index (χ2n) is 16.9. The maximum Gasteiger partial charge on any atom is 0.342 e. The van der Waals surface area contributed by atoms with Crippen LogP contribution in [0.15, 0.2) is 36.5 Å². The lowest BCUT2D eigenvalue weighted by molar-refractivity contribution is -0.140. The van der Waals surface area contributed by atoms with Crippen LogP contribution in [-0.4, -0.2) is 126 Å². The molecule has 3 aromatic rings. The molecule has 0 spiro atoms. The lowest BCUT2D eigenvalue weighted by atomic mass is 10.0. The Morgan fingerprint density at radius 1 is 0.985 bits per heavy atom. The second-order valence-corrected chi connectivity index (χ2v) is 16.9. The third kappa shape index (κ3) is 8.99. The molecular weight excluding hydrogens is 854 g/mol. The van der Waals surface area contributed by atoms with Crippen LogP contribution in [0, 0.1) is 5.82 Å². The maximum atomic E-state index is 15.6. The molecule has 1 saturated carbocycles. The Kier molecular flexibility index (Phi) is 12.7. The molecule has 21 heteroatoms. The smallest absolute Gasteiger partial charge is 0.342 e. The Hall–Kier alpha value is -6.80. The lowest BCUT2D eigenvalue weighted by Crippen LogP contribution is -2.54. The minimum Gasteiger partial charge on any atom is -0.495 e. The molecule has 3 fully saturated rings. The number of benzene rings is 2. The Labute approximate surface area is 371 Å².